The number of hydrogen-bond donors (Lipinski definition) is 1. The molecule has 2 N–H and O–H groups in total. The number of carbonyl (C=O) groups excluding carboxylic acids is 1. The number of hydrogen-bond acceptors (Lipinski definition) is 6. The molecule has 2 heterocycles. The molecule has 0 aliphatic rings. The lowest BCUT2D eigenvalue weighted by atomic mass is 10.2. The van der Waals surface area contributed by atoms with Crippen LogP contribution in [0.5, 0.6) is 0 Å². The summed E-state index contributed by atoms with van der Waals surface area (Å²) in [4.78, 5) is 21.6. The Morgan fingerprint density at radius 2 is 2.04 bits per heavy atom. The van der Waals surface area contributed by atoms with Crippen molar-refractivity contribution in [3.8, 4) is 0 Å². The number of carbonyl (C=O) groups is 1. The topological polar surface area (TPSA) is 82.0 Å². The molecular weight excluding hydrogens is 348 g/mol. The third kappa shape index (κ3) is 4.23. The molecule has 0 saturated carbocycles. The van der Waals surface area contributed by atoms with Gasteiger partial charge in [0.25, 0.3) is 0 Å². The number of rotatable bonds is 6. The van der Waals surface area contributed by atoms with Crippen LogP contribution in [-0.4, -0.2) is 22.5 Å². The molecule has 0 aliphatic carbocycles. The highest BCUT2D eigenvalue weighted by Gasteiger charge is 2.18. The average molecular weight is 369 g/mol. The normalized spacial score (nSPS) is 10.7. The van der Waals surface area contributed by atoms with E-state index in [0.29, 0.717) is 36.8 Å². The van der Waals surface area contributed by atoms with Crippen LogP contribution in [-0.2, 0) is 17.7 Å². The molecule has 0 bridgehead atoms. The Balaban J connectivity index is 1.59. The summed E-state index contributed by atoms with van der Waals surface area (Å²) in [6.45, 7) is 4.84. The van der Waals surface area contributed by atoms with Crippen LogP contribution >= 0.6 is 11.3 Å². The van der Waals surface area contributed by atoms with E-state index in [-0.39, 0.29) is 5.97 Å². The lowest BCUT2D eigenvalue weighted by molar-refractivity contribution is -0.689. The Kier molecular flexibility index (Phi) is 5.58. The van der Waals surface area contributed by atoms with Gasteiger partial charge in [-0.2, -0.15) is 4.57 Å². The van der Waals surface area contributed by atoms with E-state index in [0.717, 1.165) is 11.3 Å². The second kappa shape index (κ2) is 8.05. The molecule has 0 radical (unpaired) electrons. The van der Waals surface area contributed by atoms with Gasteiger partial charge in [-0.3, -0.25) is 0 Å². The zero-order chi connectivity index (χ0) is 18.5. The number of anilines is 1. The minimum absolute atomic E-state index is 0.294. The van der Waals surface area contributed by atoms with E-state index in [4.69, 9.17) is 10.5 Å². The minimum Gasteiger partial charge on any atom is -0.462 e. The molecule has 0 amide bonds. The fraction of sp³-hybridized carbons (Fsp3) is 0.263. The highest BCUT2D eigenvalue weighted by molar-refractivity contribution is 7.09. The molecule has 6 nitrogen and oxygen atoms in total. The first kappa shape index (κ1) is 18.0. The summed E-state index contributed by atoms with van der Waals surface area (Å²) in [5.41, 5.74) is 10.6. The SMILES string of the molecule is Cc1ncc(C[n+]2csc(CCOC(=O)c3ccccc3)c2C)c(N)n1. The molecule has 26 heavy (non-hydrogen) atoms. The number of nitrogens with two attached hydrogens (primary N) is 1. The number of benzene rings is 1. The van der Waals surface area contributed by atoms with E-state index in [9.17, 15) is 4.79 Å². The molecule has 0 unspecified atom stereocenters. The second-order valence-corrected chi connectivity index (χ2v) is 6.88. The molecular formula is C19H21N4O2S+. The minimum atomic E-state index is -0.294. The first-order chi connectivity index (χ1) is 12.5. The predicted molar refractivity (Wildman–Crippen MR) is 100.0 cm³/mol. The predicted octanol–water partition coefficient (Wildman–Crippen LogP) is 2.47. The fourth-order valence-corrected chi connectivity index (χ4v) is 3.54. The quantitative estimate of drug-likeness (QED) is 0.533. The van der Waals surface area contributed by atoms with Crippen molar-refractivity contribution in [1.29, 1.82) is 0 Å². The van der Waals surface area contributed by atoms with E-state index in [1.165, 1.54) is 4.88 Å². The van der Waals surface area contributed by atoms with Gasteiger partial charge in [-0.15, -0.1) is 0 Å². The third-order valence-electron chi connectivity index (χ3n) is 4.09. The fourth-order valence-electron chi connectivity index (χ4n) is 2.56. The molecule has 1 aromatic carbocycles. The van der Waals surface area contributed by atoms with Crippen LogP contribution in [0, 0.1) is 13.8 Å². The van der Waals surface area contributed by atoms with Crippen molar-refractivity contribution in [2.24, 2.45) is 0 Å². The number of ether oxygens (including phenoxy) is 1. The van der Waals surface area contributed by atoms with Crippen molar-refractivity contribution in [3.05, 3.63) is 69.6 Å². The van der Waals surface area contributed by atoms with Crippen LogP contribution in [0.2, 0.25) is 0 Å². The van der Waals surface area contributed by atoms with Crippen molar-refractivity contribution in [2.75, 3.05) is 12.3 Å². The van der Waals surface area contributed by atoms with E-state index in [1.807, 2.05) is 30.6 Å². The van der Waals surface area contributed by atoms with Gasteiger partial charge in [-0.05, 0) is 19.1 Å². The van der Waals surface area contributed by atoms with Crippen LogP contribution in [0.3, 0.4) is 0 Å². The maximum absolute atomic E-state index is 12.0. The summed E-state index contributed by atoms with van der Waals surface area (Å²) in [7, 11) is 0. The van der Waals surface area contributed by atoms with Crippen LogP contribution in [0.15, 0.2) is 42.0 Å². The number of aromatic nitrogens is 3. The van der Waals surface area contributed by atoms with Crippen molar-refractivity contribution >= 4 is 23.1 Å². The molecule has 134 valence electrons. The molecule has 0 aliphatic heterocycles. The average Bonchev–Trinajstić information content (AvgIpc) is 2.98. The van der Waals surface area contributed by atoms with Gasteiger partial charge < -0.3 is 10.5 Å². The van der Waals surface area contributed by atoms with E-state index in [2.05, 4.69) is 21.5 Å². The molecule has 0 atom stereocenters. The molecule has 3 rings (SSSR count). The summed E-state index contributed by atoms with van der Waals surface area (Å²) in [6.07, 6.45) is 2.45. The maximum Gasteiger partial charge on any atom is 0.338 e. The summed E-state index contributed by atoms with van der Waals surface area (Å²) in [6, 6.07) is 9.02. The van der Waals surface area contributed by atoms with Gasteiger partial charge in [0.2, 0.25) is 5.51 Å². The zero-order valence-corrected chi connectivity index (χ0v) is 15.6. The number of esters is 1. The van der Waals surface area contributed by atoms with Crippen molar-refractivity contribution in [1.82, 2.24) is 9.97 Å². The first-order valence-electron chi connectivity index (χ1n) is 8.31. The smallest absolute Gasteiger partial charge is 0.338 e. The lowest BCUT2D eigenvalue weighted by Crippen LogP contribution is -2.35. The monoisotopic (exact) mass is 369 g/mol. The maximum atomic E-state index is 12.0. The van der Waals surface area contributed by atoms with Crippen molar-refractivity contribution in [3.63, 3.8) is 0 Å². The van der Waals surface area contributed by atoms with Gasteiger partial charge in [0, 0.05) is 19.5 Å². The highest BCUT2D eigenvalue weighted by Crippen LogP contribution is 2.14. The van der Waals surface area contributed by atoms with Crippen LogP contribution in [0.25, 0.3) is 0 Å². The number of aryl methyl sites for hydroxylation is 1. The Bertz CT molecular complexity index is 909. The first-order valence-corrected chi connectivity index (χ1v) is 9.19. The lowest BCUT2D eigenvalue weighted by Gasteiger charge is -2.04. The Morgan fingerprint density at radius 3 is 2.77 bits per heavy atom. The highest BCUT2D eigenvalue weighted by atomic mass is 32.1. The zero-order valence-electron chi connectivity index (χ0n) is 14.8. The van der Waals surface area contributed by atoms with Crippen LogP contribution in [0.1, 0.15) is 32.3 Å². The third-order valence-corrected chi connectivity index (χ3v) is 5.23. The second-order valence-electron chi connectivity index (χ2n) is 5.94. The summed E-state index contributed by atoms with van der Waals surface area (Å²) in [5, 5.41) is 0. The Labute approximate surface area is 156 Å². The number of nitrogens with zero attached hydrogens (tertiary/aromatic N) is 3. The standard InChI is InChI=1S/C19H21N4O2S/c1-13-17(8-9-25-19(24)15-6-4-3-5-7-15)26-12-23(13)11-16-10-21-14(2)22-18(16)20/h3-7,10,12H,8-9,11H2,1-2H3,(H2,20,21,22)/q+1. The number of thiazole rings is 1. The molecule has 7 heteroatoms. The Hall–Kier alpha value is -2.80. The van der Waals surface area contributed by atoms with E-state index >= 15 is 0 Å². The van der Waals surface area contributed by atoms with Gasteiger partial charge in [0.15, 0.2) is 12.2 Å². The summed E-state index contributed by atoms with van der Waals surface area (Å²) in [5.74, 6) is 0.880. The van der Waals surface area contributed by atoms with Gasteiger partial charge >= 0.3 is 5.97 Å². The van der Waals surface area contributed by atoms with Crippen LogP contribution in [0.4, 0.5) is 5.82 Å². The molecule has 0 fully saturated rings. The van der Waals surface area contributed by atoms with Gasteiger partial charge in [0.05, 0.1) is 22.6 Å². The van der Waals surface area contributed by atoms with Crippen molar-refractivity contribution < 1.29 is 14.1 Å². The van der Waals surface area contributed by atoms with Gasteiger partial charge in [-0.25, -0.2) is 14.8 Å². The van der Waals surface area contributed by atoms with E-state index in [1.54, 1.807) is 29.7 Å². The van der Waals surface area contributed by atoms with Gasteiger partial charge in [-0.1, -0.05) is 29.5 Å². The molecule has 2 aromatic heterocycles. The summed E-state index contributed by atoms with van der Waals surface area (Å²) >= 11 is 1.64. The molecule has 3 aromatic rings. The largest absolute Gasteiger partial charge is 0.462 e. The number of nitrogen functional groups attached to an aromatic ring is 1. The molecule has 0 saturated heterocycles. The van der Waals surface area contributed by atoms with Crippen molar-refractivity contribution in [2.45, 2.75) is 26.8 Å². The van der Waals surface area contributed by atoms with Crippen LogP contribution < -0.4 is 10.3 Å². The summed E-state index contributed by atoms with van der Waals surface area (Å²) < 4.78 is 7.48. The van der Waals surface area contributed by atoms with Gasteiger partial charge in [0.1, 0.15) is 11.6 Å². The van der Waals surface area contributed by atoms with E-state index < -0.39 is 0 Å². The Morgan fingerprint density at radius 1 is 1.27 bits per heavy atom. The molecule has 0 spiro atoms.